The van der Waals surface area contributed by atoms with Crippen molar-refractivity contribution in [2.45, 2.75) is 4.87 Å². The molecule has 1 N–H and O–H groups in total. The number of fused-ring (bicyclic) bond motifs is 2. The van der Waals surface area contributed by atoms with Crippen LogP contribution in [0.5, 0.6) is 0 Å². The summed E-state index contributed by atoms with van der Waals surface area (Å²) in [7, 11) is 0. The zero-order valence-electron chi connectivity index (χ0n) is 13.8. The van der Waals surface area contributed by atoms with Gasteiger partial charge in [0, 0.05) is 16.8 Å². The molecule has 0 bridgehead atoms. The third kappa shape index (κ3) is 2.10. The van der Waals surface area contributed by atoms with E-state index in [0.29, 0.717) is 0 Å². The third-order valence-electron chi connectivity index (χ3n) is 4.63. The van der Waals surface area contributed by atoms with E-state index in [0.717, 1.165) is 27.5 Å². The van der Waals surface area contributed by atoms with Crippen molar-refractivity contribution < 1.29 is 4.79 Å². The van der Waals surface area contributed by atoms with Gasteiger partial charge in [0.15, 0.2) is 0 Å². The molecule has 126 valence electrons. The summed E-state index contributed by atoms with van der Waals surface area (Å²) < 4.78 is 0. The van der Waals surface area contributed by atoms with Crippen LogP contribution in [0.15, 0.2) is 90.0 Å². The molecule has 1 amide bonds. The molecule has 3 aromatic carbocycles. The summed E-state index contributed by atoms with van der Waals surface area (Å²) in [5.74, 6) is -0.0235. The number of rotatable bonds is 2. The van der Waals surface area contributed by atoms with Crippen LogP contribution in [0.1, 0.15) is 11.1 Å². The van der Waals surface area contributed by atoms with Gasteiger partial charge in [-0.05, 0) is 18.2 Å². The quantitative estimate of drug-likeness (QED) is 0.747. The smallest absolute Gasteiger partial charge is 0.274 e. The Balaban J connectivity index is 1.60. The first kappa shape index (κ1) is 15.2. The molecular formula is C21H15N3OS. The Bertz CT molecular complexity index is 1020. The molecule has 0 fully saturated rings. The fraction of sp³-hybridized carbons (Fsp3) is 0.0476. The van der Waals surface area contributed by atoms with Gasteiger partial charge in [0.05, 0.1) is 5.69 Å². The summed E-state index contributed by atoms with van der Waals surface area (Å²) in [6.07, 6.45) is 0. The lowest BCUT2D eigenvalue weighted by Crippen LogP contribution is -2.42. The summed E-state index contributed by atoms with van der Waals surface area (Å²) in [4.78, 5) is 14.4. The Hall–Kier alpha value is -3.05. The zero-order valence-corrected chi connectivity index (χ0v) is 14.6. The van der Waals surface area contributed by atoms with Crippen LogP contribution < -0.4 is 10.3 Å². The summed E-state index contributed by atoms with van der Waals surface area (Å²) in [6, 6.07) is 27.6. The van der Waals surface area contributed by atoms with Crippen molar-refractivity contribution in [1.82, 2.24) is 5.43 Å². The standard InChI is InChI=1S/C21H15N3OS/c25-20-21(23-22-19(26-21)15-9-3-1-4-10-15)17-13-7-8-14-18(17)24(20)16-11-5-2-6-12-16/h1-14,23H. The number of hydrogen-bond acceptors (Lipinski definition) is 4. The van der Waals surface area contributed by atoms with Gasteiger partial charge in [-0.2, -0.15) is 5.10 Å². The number of nitrogens with zero attached hydrogens (tertiary/aromatic N) is 2. The van der Waals surface area contributed by atoms with Crippen molar-refractivity contribution in [3.63, 3.8) is 0 Å². The first-order valence-electron chi connectivity index (χ1n) is 8.38. The summed E-state index contributed by atoms with van der Waals surface area (Å²) >= 11 is 1.47. The number of hydrogen-bond donors (Lipinski definition) is 1. The predicted molar refractivity (Wildman–Crippen MR) is 105 cm³/mol. The second kappa shape index (κ2) is 5.75. The molecule has 0 aliphatic carbocycles. The van der Waals surface area contributed by atoms with Crippen LogP contribution in [0.3, 0.4) is 0 Å². The highest BCUT2D eigenvalue weighted by Gasteiger charge is 2.55. The van der Waals surface area contributed by atoms with Crippen molar-refractivity contribution in [2.24, 2.45) is 5.10 Å². The second-order valence-corrected chi connectivity index (χ2v) is 7.37. The van der Waals surface area contributed by atoms with Gasteiger partial charge in [0.25, 0.3) is 5.91 Å². The van der Waals surface area contributed by atoms with E-state index in [2.05, 4.69) is 10.5 Å². The van der Waals surface area contributed by atoms with Crippen molar-refractivity contribution in [1.29, 1.82) is 0 Å². The minimum absolute atomic E-state index is 0.0235. The molecule has 2 heterocycles. The van der Waals surface area contributed by atoms with Gasteiger partial charge < -0.3 is 0 Å². The zero-order chi connectivity index (χ0) is 17.6. The molecule has 1 unspecified atom stereocenters. The number of amides is 1. The van der Waals surface area contributed by atoms with Crippen LogP contribution in [0, 0.1) is 0 Å². The lowest BCUT2D eigenvalue weighted by Gasteiger charge is -2.22. The van der Waals surface area contributed by atoms with Gasteiger partial charge in [-0.1, -0.05) is 78.5 Å². The predicted octanol–water partition coefficient (Wildman–Crippen LogP) is 4.22. The molecule has 0 saturated heterocycles. The number of nitrogens with one attached hydrogen (secondary N) is 1. The number of para-hydroxylation sites is 2. The molecule has 2 aliphatic heterocycles. The topological polar surface area (TPSA) is 44.7 Å². The van der Waals surface area contributed by atoms with Crippen molar-refractivity contribution in [2.75, 3.05) is 4.90 Å². The first-order valence-corrected chi connectivity index (χ1v) is 9.20. The van der Waals surface area contributed by atoms with Gasteiger partial charge in [-0.3, -0.25) is 15.1 Å². The van der Waals surface area contributed by atoms with Crippen LogP contribution >= 0.6 is 11.8 Å². The van der Waals surface area contributed by atoms with E-state index in [9.17, 15) is 4.79 Å². The Labute approximate surface area is 155 Å². The van der Waals surface area contributed by atoms with Gasteiger partial charge in [-0.25, -0.2) is 0 Å². The van der Waals surface area contributed by atoms with Gasteiger partial charge in [0.2, 0.25) is 4.87 Å². The lowest BCUT2D eigenvalue weighted by atomic mass is 10.1. The van der Waals surface area contributed by atoms with Crippen LogP contribution in [-0.2, 0) is 9.67 Å². The van der Waals surface area contributed by atoms with E-state index in [4.69, 9.17) is 0 Å². The number of thioether (sulfide) groups is 1. The highest BCUT2D eigenvalue weighted by atomic mass is 32.2. The average molecular weight is 357 g/mol. The first-order chi connectivity index (χ1) is 12.8. The molecular weight excluding hydrogens is 342 g/mol. The lowest BCUT2D eigenvalue weighted by molar-refractivity contribution is -0.120. The number of anilines is 2. The highest BCUT2D eigenvalue weighted by Crippen LogP contribution is 2.52. The maximum atomic E-state index is 13.5. The van der Waals surface area contributed by atoms with E-state index >= 15 is 0 Å². The molecule has 1 spiro atoms. The largest absolute Gasteiger partial charge is 0.279 e. The normalized spacial score (nSPS) is 20.8. The van der Waals surface area contributed by atoms with E-state index < -0.39 is 4.87 Å². The average Bonchev–Trinajstić information content (AvgIpc) is 3.25. The van der Waals surface area contributed by atoms with E-state index in [1.807, 2.05) is 84.9 Å². The maximum Gasteiger partial charge on any atom is 0.274 e. The fourth-order valence-corrected chi connectivity index (χ4v) is 4.60. The van der Waals surface area contributed by atoms with E-state index in [-0.39, 0.29) is 5.91 Å². The van der Waals surface area contributed by atoms with Crippen LogP contribution in [0.4, 0.5) is 11.4 Å². The molecule has 3 aromatic rings. The highest BCUT2D eigenvalue weighted by molar-refractivity contribution is 8.16. The van der Waals surface area contributed by atoms with Crippen LogP contribution in [-0.4, -0.2) is 11.0 Å². The molecule has 1 atom stereocenters. The van der Waals surface area contributed by atoms with Crippen molar-refractivity contribution >= 4 is 34.1 Å². The molecule has 26 heavy (non-hydrogen) atoms. The summed E-state index contributed by atoms with van der Waals surface area (Å²) in [6.45, 7) is 0. The van der Waals surface area contributed by atoms with Crippen LogP contribution in [0.25, 0.3) is 0 Å². The third-order valence-corrected chi connectivity index (χ3v) is 5.94. The number of benzene rings is 3. The Morgan fingerprint density at radius 1 is 0.846 bits per heavy atom. The maximum absolute atomic E-state index is 13.5. The monoisotopic (exact) mass is 357 g/mol. The Morgan fingerprint density at radius 2 is 1.50 bits per heavy atom. The Kier molecular flexibility index (Phi) is 3.36. The minimum atomic E-state index is -0.919. The number of hydrazone groups is 1. The number of carbonyl (C=O) groups excluding carboxylic acids is 1. The minimum Gasteiger partial charge on any atom is -0.279 e. The van der Waals surface area contributed by atoms with Crippen LogP contribution in [0.2, 0.25) is 0 Å². The van der Waals surface area contributed by atoms with Gasteiger partial charge in [0.1, 0.15) is 5.04 Å². The summed E-state index contributed by atoms with van der Waals surface area (Å²) in [5, 5.41) is 5.32. The molecule has 5 heteroatoms. The Morgan fingerprint density at radius 3 is 2.27 bits per heavy atom. The molecule has 0 radical (unpaired) electrons. The summed E-state index contributed by atoms with van der Waals surface area (Å²) in [5.41, 5.74) is 6.84. The fourth-order valence-electron chi connectivity index (χ4n) is 3.41. The van der Waals surface area contributed by atoms with E-state index in [1.165, 1.54) is 11.8 Å². The second-order valence-electron chi connectivity index (χ2n) is 6.17. The molecule has 4 nitrogen and oxygen atoms in total. The van der Waals surface area contributed by atoms with Gasteiger partial charge in [-0.15, -0.1) is 0 Å². The van der Waals surface area contributed by atoms with Crippen molar-refractivity contribution in [3.05, 3.63) is 96.1 Å². The van der Waals surface area contributed by atoms with Crippen molar-refractivity contribution in [3.8, 4) is 0 Å². The van der Waals surface area contributed by atoms with Gasteiger partial charge >= 0.3 is 0 Å². The SMILES string of the molecule is O=C1N(c2ccccc2)c2ccccc2C12NN=C(c1ccccc1)S2. The molecule has 0 saturated carbocycles. The molecule has 0 aromatic heterocycles. The molecule has 2 aliphatic rings. The number of carbonyl (C=O) groups is 1. The molecule has 5 rings (SSSR count). The van der Waals surface area contributed by atoms with E-state index in [1.54, 1.807) is 4.90 Å².